The Balaban J connectivity index is 2.15. The van der Waals surface area contributed by atoms with Crippen molar-refractivity contribution in [3.05, 3.63) is 32.3 Å². The fourth-order valence-corrected chi connectivity index (χ4v) is 2.07. The van der Waals surface area contributed by atoms with Crippen LogP contribution in [0.25, 0.3) is 11.4 Å². The monoisotopic (exact) mass is 372 g/mol. The number of H-pyrrole nitrogens is 1. The summed E-state index contributed by atoms with van der Waals surface area (Å²) in [7, 11) is 1.55. The smallest absolute Gasteiger partial charge is 0.264 e. The molecule has 1 aliphatic rings. The summed E-state index contributed by atoms with van der Waals surface area (Å²) in [5, 5.41) is 0. The average molecular weight is 372 g/mol. The second kappa shape index (κ2) is 4.72. The van der Waals surface area contributed by atoms with E-state index in [0.29, 0.717) is 32.2 Å². The highest BCUT2D eigenvalue weighted by atomic mass is 127. The van der Waals surface area contributed by atoms with Gasteiger partial charge in [-0.25, -0.2) is 4.98 Å². The van der Waals surface area contributed by atoms with E-state index in [1.54, 1.807) is 19.2 Å². The van der Waals surface area contributed by atoms with Gasteiger partial charge >= 0.3 is 0 Å². The van der Waals surface area contributed by atoms with Crippen LogP contribution in [-0.4, -0.2) is 23.9 Å². The van der Waals surface area contributed by atoms with Gasteiger partial charge in [0.05, 0.1) is 10.7 Å². The van der Waals surface area contributed by atoms with Crippen LogP contribution in [0.2, 0.25) is 0 Å². The molecule has 19 heavy (non-hydrogen) atoms. The minimum atomic E-state index is -0.178. The van der Waals surface area contributed by atoms with E-state index >= 15 is 0 Å². The number of halogens is 1. The number of nitrogens with one attached hydrogen (secondary N) is 1. The van der Waals surface area contributed by atoms with Crippen molar-refractivity contribution in [1.82, 2.24) is 9.97 Å². The Kier molecular flexibility index (Phi) is 3.05. The molecule has 0 saturated heterocycles. The van der Waals surface area contributed by atoms with Crippen molar-refractivity contribution >= 4 is 22.6 Å². The Bertz CT molecular complexity index is 699. The summed E-state index contributed by atoms with van der Waals surface area (Å²) in [5.74, 6) is 2.16. The minimum Gasteiger partial charge on any atom is -0.493 e. The first-order chi connectivity index (χ1) is 9.19. The van der Waals surface area contributed by atoms with Gasteiger partial charge < -0.3 is 19.2 Å². The zero-order valence-electron chi connectivity index (χ0n) is 9.90. The first kappa shape index (κ1) is 12.3. The van der Waals surface area contributed by atoms with Gasteiger partial charge in [-0.3, -0.25) is 4.79 Å². The predicted molar refractivity (Wildman–Crippen MR) is 75.7 cm³/mol. The van der Waals surface area contributed by atoms with E-state index in [2.05, 4.69) is 9.97 Å². The molecular weight excluding hydrogens is 363 g/mol. The zero-order chi connectivity index (χ0) is 13.4. The first-order valence-corrected chi connectivity index (χ1v) is 6.50. The number of aromatic amines is 1. The van der Waals surface area contributed by atoms with Crippen LogP contribution < -0.4 is 19.8 Å². The summed E-state index contributed by atoms with van der Waals surface area (Å²) < 4.78 is 16.4. The van der Waals surface area contributed by atoms with E-state index in [1.165, 1.54) is 6.20 Å². The van der Waals surface area contributed by atoms with Gasteiger partial charge in [0.25, 0.3) is 5.56 Å². The lowest BCUT2D eigenvalue weighted by Gasteiger charge is -2.07. The number of rotatable bonds is 2. The highest BCUT2D eigenvalue weighted by molar-refractivity contribution is 14.1. The standard InChI is InChI=1S/C12H9IN2O4/c1-17-8-2-6(3-9-10(8)19-5-18-9)11-14-4-7(13)12(16)15-11/h2-4H,5H2,1H3,(H,14,15,16). The molecule has 0 amide bonds. The molecule has 0 fully saturated rings. The van der Waals surface area contributed by atoms with Gasteiger partial charge in [-0.05, 0) is 34.7 Å². The third-order valence-electron chi connectivity index (χ3n) is 2.69. The highest BCUT2D eigenvalue weighted by Crippen LogP contribution is 2.43. The number of ether oxygens (including phenoxy) is 3. The van der Waals surface area contributed by atoms with Gasteiger partial charge in [0.15, 0.2) is 11.5 Å². The van der Waals surface area contributed by atoms with Crippen LogP contribution >= 0.6 is 22.6 Å². The first-order valence-electron chi connectivity index (χ1n) is 5.42. The average Bonchev–Trinajstić information content (AvgIpc) is 2.89. The van der Waals surface area contributed by atoms with E-state index in [-0.39, 0.29) is 12.4 Å². The lowest BCUT2D eigenvalue weighted by Crippen LogP contribution is -2.11. The van der Waals surface area contributed by atoms with E-state index in [9.17, 15) is 4.79 Å². The maximum atomic E-state index is 11.6. The molecule has 1 aliphatic heterocycles. The van der Waals surface area contributed by atoms with Crippen molar-refractivity contribution in [1.29, 1.82) is 0 Å². The Morgan fingerprint density at radius 2 is 2.26 bits per heavy atom. The van der Waals surface area contributed by atoms with E-state index in [0.717, 1.165) is 0 Å². The van der Waals surface area contributed by atoms with Crippen molar-refractivity contribution in [2.45, 2.75) is 0 Å². The van der Waals surface area contributed by atoms with Crippen LogP contribution in [0.3, 0.4) is 0 Å². The van der Waals surface area contributed by atoms with E-state index < -0.39 is 0 Å². The molecule has 1 aromatic carbocycles. The fraction of sp³-hybridized carbons (Fsp3) is 0.167. The minimum absolute atomic E-state index is 0.159. The summed E-state index contributed by atoms with van der Waals surface area (Å²) in [4.78, 5) is 18.5. The Morgan fingerprint density at radius 3 is 3.00 bits per heavy atom. The van der Waals surface area contributed by atoms with Gasteiger partial charge in [0.1, 0.15) is 5.82 Å². The third-order valence-corrected chi connectivity index (χ3v) is 3.46. The van der Waals surface area contributed by atoms with Crippen LogP contribution in [0.15, 0.2) is 23.1 Å². The molecule has 0 bridgehead atoms. The lowest BCUT2D eigenvalue weighted by molar-refractivity contribution is 0.171. The maximum absolute atomic E-state index is 11.6. The molecule has 0 radical (unpaired) electrons. The lowest BCUT2D eigenvalue weighted by atomic mass is 10.1. The summed E-state index contributed by atoms with van der Waals surface area (Å²) in [6, 6.07) is 3.51. The van der Waals surface area contributed by atoms with Crippen LogP contribution in [0.5, 0.6) is 17.2 Å². The maximum Gasteiger partial charge on any atom is 0.264 e. The van der Waals surface area contributed by atoms with Gasteiger partial charge in [0, 0.05) is 11.8 Å². The number of fused-ring (bicyclic) bond motifs is 1. The number of nitrogens with zero attached hydrogens (tertiary/aromatic N) is 1. The highest BCUT2D eigenvalue weighted by Gasteiger charge is 2.21. The molecule has 2 heterocycles. The van der Waals surface area contributed by atoms with Crippen molar-refractivity contribution in [3.63, 3.8) is 0 Å². The molecule has 6 nitrogen and oxygen atoms in total. The van der Waals surface area contributed by atoms with Crippen LogP contribution in [0.4, 0.5) is 0 Å². The number of benzene rings is 1. The Labute approximate surface area is 121 Å². The number of hydrogen-bond acceptors (Lipinski definition) is 5. The topological polar surface area (TPSA) is 73.4 Å². The Hall–Kier alpha value is -1.77. The molecule has 2 aromatic rings. The molecule has 0 saturated carbocycles. The molecule has 0 unspecified atom stereocenters. The number of methoxy groups -OCH3 is 1. The molecule has 3 rings (SSSR count). The summed E-state index contributed by atoms with van der Waals surface area (Å²) >= 11 is 1.93. The second-order valence-corrected chi connectivity index (χ2v) is 4.98. The molecule has 1 N–H and O–H groups in total. The third kappa shape index (κ3) is 2.14. The van der Waals surface area contributed by atoms with Crippen molar-refractivity contribution in [2.24, 2.45) is 0 Å². The van der Waals surface area contributed by atoms with Crippen LogP contribution in [0, 0.1) is 3.57 Å². The Morgan fingerprint density at radius 1 is 1.42 bits per heavy atom. The molecule has 0 atom stereocenters. The molecule has 98 valence electrons. The van der Waals surface area contributed by atoms with Gasteiger partial charge in [-0.2, -0.15) is 0 Å². The summed E-state index contributed by atoms with van der Waals surface area (Å²) in [6.45, 7) is 0.159. The molecule has 0 spiro atoms. The quantitative estimate of drug-likeness (QED) is 0.814. The van der Waals surface area contributed by atoms with Crippen LogP contribution in [0.1, 0.15) is 0 Å². The summed E-state index contributed by atoms with van der Waals surface area (Å²) in [5.41, 5.74) is 0.525. The van der Waals surface area contributed by atoms with Crippen LogP contribution in [-0.2, 0) is 0 Å². The number of hydrogen-bond donors (Lipinski definition) is 1. The van der Waals surface area contributed by atoms with E-state index in [1.807, 2.05) is 22.6 Å². The van der Waals surface area contributed by atoms with Gasteiger partial charge in [-0.1, -0.05) is 0 Å². The molecule has 1 aromatic heterocycles. The molecular formula is C12H9IN2O4. The molecule has 0 aliphatic carbocycles. The zero-order valence-corrected chi connectivity index (χ0v) is 12.1. The van der Waals surface area contributed by atoms with Gasteiger partial charge in [-0.15, -0.1) is 0 Å². The number of aromatic nitrogens is 2. The largest absolute Gasteiger partial charge is 0.493 e. The predicted octanol–water partition coefficient (Wildman–Crippen LogP) is 1.78. The van der Waals surface area contributed by atoms with E-state index in [4.69, 9.17) is 14.2 Å². The molecule has 7 heteroatoms. The van der Waals surface area contributed by atoms with Crippen molar-refractivity contribution < 1.29 is 14.2 Å². The normalized spacial score (nSPS) is 12.5. The van der Waals surface area contributed by atoms with Gasteiger partial charge in [0.2, 0.25) is 12.5 Å². The summed E-state index contributed by atoms with van der Waals surface area (Å²) in [6.07, 6.45) is 1.52. The van der Waals surface area contributed by atoms with Crippen molar-refractivity contribution in [2.75, 3.05) is 13.9 Å². The second-order valence-electron chi connectivity index (χ2n) is 3.82. The fourth-order valence-electron chi connectivity index (χ4n) is 1.79. The SMILES string of the molecule is COc1cc(-c2ncc(I)c(=O)[nH]2)cc2c1OCO2. The van der Waals surface area contributed by atoms with Crippen molar-refractivity contribution in [3.8, 4) is 28.6 Å².